The zero-order valence-corrected chi connectivity index (χ0v) is 12.6. The summed E-state index contributed by atoms with van der Waals surface area (Å²) in [5.74, 6) is 0.701. The molecule has 19 heavy (non-hydrogen) atoms. The van der Waals surface area contributed by atoms with E-state index in [2.05, 4.69) is 28.7 Å². The zero-order valence-electron chi connectivity index (χ0n) is 11.0. The van der Waals surface area contributed by atoms with Crippen LogP contribution in [0.4, 0.5) is 0 Å². The van der Waals surface area contributed by atoms with Gasteiger partial charge < -0.3 is 10.1 Å². The van der Waals surface area contributed by atoms with Gasteiger partial charge >= 0.3 is 0 Å². The third kappa shape index (κ3) is 5.59. The van der Waals surface area contributed by atoms with Gasteiger partial charge in [0.1, 0.15) is 0 Å². The van der Waals surface area contributed by atoms with E-state index in [1.54, 1.807) is 17.5 Å². The molecule has 3 nitrogen and oxygen atoms in total. The molecule has 0 aliphatic rings. The Balaban J connectivity index is 0.00000180. The van der Waals surface area contributed by atoms with Gasteiger partial charge in [0.05, 0.1) is 6.61 Å². The SMILES string of the molecule is Cc1ccsc1CNCCCOc1ccccn1.Cl. The highest BCUT2D eigenvalue weighted by molar-refractivity contribution is 7.10. The molecule has 0 unspecified atom stereocenters. The molecule has 0 fully saturated rings. The molecule has 2 aromatic rings. The number of hydrogen-bond acceptors (Lipinski definition) is 4. The van der Waals surface area contributed by atoms with Crippen LogP contribution in [0.5, 0.6) is 5.88 Å². The van der Waals surface area contributed by atoms with Gasteiger partial charge in [-0.1, -0.05) is 6.07 Å². The highest BCUT2D eigenvalue weighted by Crippen LogP contribution is 2.14. The van der Waals surface area contributed by atoms with E-state index in [0.29, 0.717) is 12.5 Å². The maximum atomic E-state index is 5.52. The van der Waals surface area contributed by atoms with Gasteiger partial charge in [-0.25, -0.2) is 4.98 Å². The zero-order chi connectivity index (χ0) is 12.6. The number of nitrogens with zero attached hydrogens (tertiary/aromatic N) is 1. The molecular formula is C14H19ClN2OS. The summed E-state index contributed by atoms with van der Waals surface area (Å²) < 4.78 is 5.52. The second-order valence-electron chi connectivity index (χ2n) is 4.07. The van der Waals surface area contributed by atoms with Crippen molar-refractivity contribution in [3.8, 4) is 5.88 Å². The van der Waals surface area contributed by atoms with Gasteiger partial charge in [0.15, 0.2) is 0 Å². The topological polar surface area (TPSA) is 34.1 Å². The van der Waals surface area contributed by atoms with Crippen LogP contribution in [0.2, 0.25) is 0 Å². The van der Waals surface area contributed by atoms with E-state index < -0.39 is 0 Å². The molecular weight excluding hydrogens is 280 g/mol. The summed E-state index contributed by atoms with van der Waals surface area (Å²) in [7, 11) is 0. The Labute approximate surface area is 124 Å². The van der Waals surface area contributed by atoms with Gasteiger partial charge in [0.25, 0.3) is 0 Å². The van der Waals surface area contributed by atoms with Crippen molar-refractivity contribution < 1.29 is 4.74 Å². The van der Waals surface area contributed by atoms with Crippen LogP contribution >= 0.6 is 23.7 Å². The molecule has 1 N–H and O–H groups in total. The number of aryl methyl sites for hydroxylation is 1. The van der Waals surface area contributed by atoms with Crippen LogP contribution in [0.25, 0.3) is 0 Å². The summed E-state index contributed by atoms with van der Waals surface area (Å²) in [6.45, 7) is 4.77. The third-order valence-corrected chi connectivity index (χ3v) is 3.66. The minimum absolute atomic E-state index is 0. The number of rotatable bonds is 7. The molecule has 104 valence electrons. The third-order valence-electron chi connectivity index (χ3n) is 2.64. The number of hydrogen-bond donors (Lipinski definition) is 1. The standard InChI is InChI=1S/C14H18N2OS.ClH/c1-12-6-10-18-13(12)11-15-7-4-9-17-14-5-2-3-8-16-14;/h2-3,5-6,8,10,15H,4,7,9,11H2,1H3;1H. The fraction of sp³-hybridized carbons (Fsp3) is 0.357. The first-order valence-corrected chi connectivity index (χ1v) is 7.02. The second kappa shape index (κ2) is 8.91. The molecule has 0 saturated carbocycles. The van der Waals surface area contributed by atoms with E-state index in [-0.39, 0.29) is 12.4 Å². The highest BCUT2D eigenvalue weighted by Gasteiger charge is 1.98. The lowest BCUT2D eigenvalue weighted by Crippen LogP contribution is -2.16. The Kier molecular flexibility index (Phi) is 7.48. The molecule has 0 aliphatic carbocycles. The van der Waals surface area contributed by atoms with E-state index >= 15 is 0 Å². The van der Waals surface area contributed by atoms with Crippen molar-refractivity contribution in [1.82, 2.24) is 10.3 Å². The predicted molar refractivity (Wildman–Crippen MR) is 82.4 cm³/mol. The molecule has 5 heteroatoms. The average molecular weight is 299 g/mol. The van der Waals surface area contributed by atoms with E-state index in [9.17, 15) is 0 Å². The predicted octanol–water partition coefficient (Wildman–Crippen LogP) is 3.43. The maximum absolute atomic E-state index is 5.52. The van der Waals surface area contributed by atoms with E-state index in [1.165, 1.54) is 10.4 Å². The van der Waals surface area contributed by atoms with Crippen LogP contribution in [0.15, 0.2) is 35.8 Å². The molecule has 0 aromatic carbocycles. The smallest absolute Gasteiger partial charge is 0.213 e. The van der Waals surface area contributed by atoms with Crippen LogP contribution in [-0.4, -0.2) is 18.1 Å². The number of ether oxygens (including phenoxy) is 1. The van der Waals surface area contributed by atoms with Gasteiger partial charge in [-0.2, -0.15) is 0 Å². The highest BCUT2D eigenvalue weighted by atomic mass is 35.5. The normalized spacial score (nSPS) is 9.95. The molecule has 0 saturated heterocycles. The second-order valence-corrected chi connectivity index (χ2v) is 5.07. The summed E-state index contributed by atoms with van der Waals surface area (Å²) in [6.07, 6.45) is 2.73. The maximum Gasteiger partial charge on any atom is 0.213 e. The van der Waals surface area contributed by atoms with E-state index in [1.807, 2.05) is 18.2 Å². The first kappa shape index (κ1) is 16.0. The molecule has 0 bridgehead atoms. The first-order valence-electron chi connectivity index (χ1n) is 6.14. The molecule has 0 atom stereocenters. The summed E-state index contributed by atoms with van der Waals surface area (Å²) in [5.41, 5.74) is 1.37. The monoisotopic (exact) mass is 298 g/mol. The van der Waals surface area contributed by atoms with Crippen molar-refractivity contribution in [3.05, 3.63) is 46.3 Å². The quantitative estimate of drug-likeness (QED) is 0.795. The van der Waals surface area contributed by atoms with Crippen molar-refractivity contribution >= 4 is 23.7 Å². The Hall–Kier alpha value is -1.10. The van der Waals surface area contributed by atoms with Gasteiger partial charge in [0, 0.05) is 23.7 Å². The number of halogens is 1. The van der Waals surface area contributed by atoms with Crippen molar-refractivity contribution in [2.24, 2.45) is 0 Å². The molecule has 2 aromatic heterocycles. The van der Waals surface area contributed by atoms with Gasteiger partial charge in [-0.05, 0) is 43.0 Å². The molecule has 2 rings (SSSR count). The van der Waals surface area contributed by atoms with Gasteiger partial charge in [-0.15, -0.1) is 23.7 Å². The van der Waals surface area contributed by atoms with Crippen LogP contribution in [0.3, 0.4) is 0 Å². The van der Waals surface area contributed by atoms with E-state index in [0.717, 1.165) is 19.5 Å². The first-order chi connectivity index (χ1) is 8.86. The summed E-state index contributed by atoms with van der Waals surface area (Å²) in [4.78, 5) is 5.53. The largest absolute Gasteiger partial charge is 0.478 e. The van der Waals surface area contributed by atoms with Crippen LogP contribution in [0.1, 0.15) is 16.9 Å². The van der Waals surface area contributed by atoms with Crippen molar-refractivity contribution in [1.29, 1.82) is 0 Å². The minimum Gasteiger partial charge on any atom is -0.478 e. The molecule has 2 heterocycles. The lowest BCUT2D eigenvalue weighted by Gasteiger charge is -2.06. The summed E-state index contributed by atoms with van der Waals surface area (Å²) in [5, 5.41) is 5.56. The van der Waals surface area contributed by atoms with Crippen molar-refractivity contribution in [2.75, 3.05) is 13.2 Å². The Morgan fingerprint density at radius 3 is 2.89 bits per heavy atom. The van der Waals surface area contributed by atoms with E-state index in [4.69, 9.17) is 4.74 Å². The summed E-state index contributed by atoms with van der Waals surface area (Å²) in [6, 6.07) is 7.85. The number of nitrogens with one attached hydrogen (secondary N) is 1. The molecule has 0 aliphatic heterocycles. The van der Waals surface area contributed by atoms with Crippen molar-refractivity contribution in [2.45, 2.75) is 19.9 Å². The molecule has 0 amide bonds. The van der Waals surface area contributed by atoms with Gasteiger partial charge in [-0.3, -0.25) is 0 Å². The number of aromatic nitrogens is 1. The Morgan fingerprint density at radius 2 is 2.21 bits per heavy atom. The molecule has 0 spiro atoms. The number of thiophene rings is 1. The van der Waals surface area contributed by atoms with Crippen molar-refractivity contribution in [3.63, 3.8) is 0 Å². The van der Waals surface area contributed by atoms with Crippen LogP contribution in [0, 0.1) is 6.92 Å². The lowest BCUT2D eigenvalue weighted by atomic mass is 10.3. The Bertz CT molecular complexity index is 461. The minimum atomic E-state index is 0. The Morgan fingerprint density at radius 1 is 1.32 bits per heavy atom. The summed E-state index contributed by atoms with van der Waals surface area (Å²) >= 11 is 1.81. The molecule has 0 radical (unpaired) electrons. The number of pyridine rings is 1. The van der Waals surface area contributed by atoms with Crippen LogP contribution in [-0.2, 0) is 6.54 Å². The fourth-order valence-corrected chi connectivity index (χ4v) is 2.47. The van der Waals surface area contributed by atoms with Crippen LogP contribution < -0.4 is 10.1 Å². The lowest BCUT2D eigenvalue weighted by molar-refractivity contribution is 0.297. The van der Waals surface area contributed by atoms with Gasteiger partial charge in [0.2, 0.25) is 5.88 Å². The average Bonchev–Trinajstić information content (AvgIpc) is 2.81. The fourth-order valence-electron chi connectivity index (χ4n) is 1.59.